The highest BCUT2D eigenvalue weighted by atomic mass is 16.3. The largest absolute Gasteiger partial charge is 0.456 e. The highest BCUT2D eigenvalue weighted by Gasteiger charge is 2.18. The molecule has 244 valence electrons. The minimum absolute atomic E-state index is 0.859. The van der Waals surface area contributed by atoms with E-state index in [4.69, 9.17) is 8.83 Å². The van der Waals surface area contributed by atoms with Gasteiger partial charge in [-0.3, -0.25) is 0 Å². The van der Waals surface area contributed by atoms with Crippen molar-refractivity contribution in [2.45, 2.75) is 0 Å². The monoisotopic (exact) mass is 666 g/mol. The highest BCUT2D eigenvalue weighted by Crippen LogP contribution is 2.42. The summed E-state index contributed by atoms with van der Waals surface area (Å²) < 4.78 is 14.9. The van der Waals surface area contributed by atoms with Crippen LogP contribution in [-0.4, -0.2) is 4.57 Å². The van der Waals surface area contributed by atoms with E-state index in [9.17, 15) is 0 Å². The molecule has 0 fully saturated rings. The lowest BCUT2D eigenvalue weighted by molar-refractivity contribution is 0.668. The molecule has 0 saturated heterocycles. The normalized spacial score (nSPS) is 11.8. The van der Waals surface area contributed by atoms with Gasteiger partial charge in [-0.15, -0.1) is 0 Å². The van der Waals surface area contributed by atoms with Gasteiger partial charge in [-0.25, -0.2) is 0 Å². The van der Waals surface area contributed by atoms with Crippen molar-refractivity contribution in [1.82, 2.24) is 4.57 Å². The fourth-order valence-corrected chi connectivity index (χ4v) is 7.96. The van der Waals surface area contributed by atoms with Crippen LogP contribution in [0.25, 0.3) is 82.5 Å². The molecule has 4 nitrogen and oxygen atoms in total. The van der Waals surface area contributed by atoms with Crippen molar-refractivity contribution >= 4 is 82.7 Å². The predicted molar refractivity (Wildman–Crippen MR) is 215 cm³/mol. The summed E-state index contributed by atoms with van der Waals surface area (Å²) in [5.41, 5.74) is 12.5. The number of rotatable bonds is 5. The first-order valence-corrected chi connectivity index (χ1v) is 17.6. The molecule has 3 heterocycles. The van der Waals surface area contributed by atoms with E-state index >= 15 is 0 Å². The lowest BCUT2D eigenvalue weighted by Crippen LogP contribution is -2.09. The quantitative estimate of drug-likeness (QED) is 0.183. The van der Waals surface area contributed by atoms with Gasteiger partial charge in [-0.2, -0.15) is 0 Å². The van der Waals surface area contributed by atoms with Gasteiger partial charge in [0.05, 0.1) is 11.0 Å². The lowest BCUT2D eigenvalue weighted by atomic mass is 10.0. The molecule has 0 saturated carbocycles. The van der Waals surface area contributed by atoms with Crippen LogP contribution in [0.1, 0.15) is 0 Å². The summed E-state index contributed by atoms with van der Waals surface area (Å²) in [7, 11) is 0. The van der Waals surface area contributed by atoms with Crippen LogP contribution < -0.4 is 4.90 Å². The Kier molecular flexibility index (Phi) is 6.22. The van der Waals surface area contributed by atoms with Crippen molar-refractivity contribution in [3.8, 4) is 16.8 Å². The first kappa shape index (κ1) is 28.8. The zero-order valence-corrected chi connectivity index (χ0v) is 28.0. The Hall–Kier alpha value is -7.04. The fourth-order valence-electron chi connectivity index (χ4n) is 7.96. The maximum Gasteiger partial charge on any atom is 0.137 e. The summed E-state index contributed by atoms with van der Waals surface area (Å²) in [4.78, 5) is 2.30. The minimum Gasteiger partial charge on any atom is -0.456 e. The Morgan fingerprint density at radius 2 is 0.885 bits per heavy atom. The number of hydrogen-bond acceptors (Lipinski definition) is 3. The molecule has 11 aromatic rings. The lowest BCUT2D eigenvalue weighted by Gasteiger charge is -2.25. The summed E-state index contributed by atoms with van der Waals surface area (Å²) in [5.74, 6) is 0. The maximum absolute atomic E-state index is 6.36. The van der Waals surface area contributed by atoms with Crippen LogP contribution in [-0.2, 0) is 0 Å². The molecule has 3 aromatic heterocycles. The molecular weight excluding hydrogens is 637 g/mol. The molecule has 8 aromatic carbocycles. The molecular formula is C48H30N2O2. The summed E-state index contributed by atoms with van der Waals surface area (Å²) in [6.07, 6.45) is 0. The van der Waals surface area contributed by atoms with Crippen LogP contribution in [0.4, 0.5) is 17.1 Å². The molecule has 0 N–H and O–H groups in total. The molecule has 4 heteroatoms. The zero-order valence-electron chi connectivity index (χ0n) is 28.0. The van der Waals surface area contributed by atoms with Crippen LogP contribution in [0.5, 0.6) is 0 Å². The average molecular weight is 667 g/mol. The van der Waals surface area contributed by atoms with Gasteiger partial charge in [0.25, 0.3) is 0 Å². The van der Waals surface area contributed by atoms with Crippen molar-refractivity contribution < 1.29 is 8.83 Å². The highest BCUT2D eigenvalue weighted by molar-refractivity contribution is 6.11. The SMILES string of the molecule is c1ccc(-n2c3ccccc3c3cc(-c4ccc(N(c5ccc6c(c5)oc5ccccc56)c5ccc6oc7ccccc7c6c5)cc4)ccc32)cc1. The van der Waals surface area contributed by atoms with Crippen LogP contribution in [0, 0.1) is 0 Å². The second-order valence-corrected chi connectivity index (χ2v) is 13.4. The first-order valence-electron chi connectivity index (χ1n) is 17.6. The molecule has 52 heavy (non-hydrogen) atoms. The van der Waals surface area contributed by atoms with E-state index in [2.05, 4.69) is 167 Å². The van der Waals surface area contributed by atoms with Crippen molar-refractivity contribution in [3.05, 3.63) is 182 Å². The van der Waals surface area contributed by atoms with Crippen LogP contribution in [0.15, 0.2) is 191 Å². The number of nitrogens with zero attached hydrogens (tertiary/aromatic N) is 2. The number of aromatic nitrogens is 1. The Morgan fingerprint density at radius 3 is 1.69 bits per heavy atom. The Labute approximate surface area is 299 Å². The molecule has 0 spiro atoms. The molecule has 0 atom stereocenters. The molecule has 11 rings (SSSR count). The van der Waals surface area contributed by atoms with Gasteiger partial charge in [0, 0.05) is 61.1 Å². The van der Waals surface area contributed by atoms with Gasteiger partial charge in [-0.1, -0.05) is 91.0 Å². The maximum atomic E-state index is 6.36. The Balaban J connectivity index is 1.05. The van der Waals surface area contributed by atoms with E-state index in [1.54, 1.807) is 0 Å². The number of para-hydroxylation sites is 4. The summed E-state index contributed by atoms with van der Waals surface area (Å²) in [6.45, 7) is 0. The van der Waals surface area contributed by atoms with Gasteiger partial charge in [0.2, 0.25) is 0 Å². The van der Waals surface area contributed by atoms with E-state index < -0.39 is 0 Å². The third kappa shape index (κ3) is 4.41. The molecule has 0 radical (unpaired) electrons. The van der Waals surface area contributed by atoms with Crippen LogP contribution in [0.2, 0.25) is 0 Å². The van der Waals surface area contributed by atoms with Gasteiger partial charge in [-0.05, 0) is 96.1 Å². The second-order valence-electron chi connectivity index (χ2n) is 13.4. The molecule has 0 amide bonds. The van der Waals surface area contributed by atoms with Crippen LogP contribution >= 0.6 is 0 Å². The Morgan fingerprint density at radius 1 is 0.327 bits per heavy atom. The number of furan rings is 2. The standard InChI is InChI=1S/C48H30N2O2/c1-2-10-33(11-3-1)50-43-15-7-4-12-37(43)41-28-32(20-26-44(41)50)31-18-21-34(22-19-31)49(35-24-27-47-42(29-35)39-14-6-9-17-46(39)51-47)36-23-25-40-38-13-5-8-16-45(38)52-48(40)30-36/h1-30H. The van der Waals surface area contributed by atoms with E-state index in [-0.39, 0.29) is 0 Å². The topological polar surface area (TPSA) is 34.5 Å². The zero-order chi connectivity index (χ0) is 34.2. The third-order valence-corrected chi connectivity index (χ3v) is 10.4. The fraction of sp³-hybridized carbons (Fsp3) is 0. The number of fused-ring (bicyclic) bond motifs is 9. The summed E-state index contributed by atoms with van der Waals surface area (Å²) in [5, 5.41) is 6.90. The van der Waals surface area contributed by atoms with Gasteiger partial charge < -0.3 is 18.3 Å². The first-order chi connectivity index (χ1) is 25.8. The van der Waals surface area contributed by atoms with Crippen molar-refractivity contribution in [1.29, 1.82) is 0 Å². The number of hydrogen-bond donors (Lipinski definition) is 0. The summed E-state index contributed by atoms with van der Waals surface area (Å²) in [6, 6.07) is 64.4. The van der Waals surface area contributed by atoms with Gasteiger partial charge >= 0.3 is 0 Å². The third-order valence-electron chi connectivity index (χ3n) is 10.4. The van der Waals surface area contributed by atoms with Gasteiger partial charge in [0.1, 0.15) is 22.3 Å². The molecule has 0 aliphatic heterocycles. The smallest absolute Gasteiger partial charge is 0.137 e. The molecule has 0 aliphatic carbocycles. The van der Waals surface area contributed by atoms with E-state index in [0.717, 1.165) is 72.2 Å². The average Bonchev–Trinajstić information content (AvgIpc) is 3.87. The van der Waals surface area contributed by atoms with Crippen molar-refractivity contribution in [2.24, 2.45) is 0 Å². The van der Waals surface area contributed by atoms with Gasteiger partial charge in [0.15, 0.2) is 0 Å². The van der Waals surface area contributed by atoms with E-state index in [1.165, 1.54) is 27.4 Å². The van der Waals surface area contributed by atoms with E-state index in [0.29, 0.717) is 0 Å². The minimum atomic E-state index is 0.859. The molecule has 0 aliphatic rings. The Bertz CT molecular complexity index is 3130. The molecule has 0 bridgehead atoms. The van der Waals surface area contributed by atoms with Crippen molar-refractivity contribution in [3.63, 3.8) is 0 Å². The van der Waals surface area contributed by atoms with Crippen molar-refractivity contribution in [2.75, 3.05) is 4.90 Å². The summed E-state index contributed by atoms with van der Waals surface area (Å²) >= 11 is 0. The van der Waals surface area contributed by atoms with E-state index in [1.807, 2.05) is 24.3 Å². The number of benzene rings is 8. The number of anilines is 3. The second kappa shape index (κ2) is 11.2. The molecule has 0 unspecified atom stereocenters. The predicted octanol–water partition coefficient (Wildman–Crippen LogP) is 13.7. The van der Waals surface area contributed by atoms with Crippen LogP contribution in [0.3, 0.4) is 0 Å².